The van der Waals surface area contributed by atoms with E-state index in [1.54, 1.807) is 0 Å². The predicted octanol–water partition coefficient (Wildman–Crippen LogP) is 11.2. The Hall–Kier alpha value is -6.98. The molecular formula is C48H29BN2O2. The van der Waals surface area contributed by atoms with E-state index in [-0.39, 0.29) is 6.71 Å². The SMILES string of the molecule is c1ccc(-c2cc3c4c(c2)N(c2ccc5oc6ccccc6c5c2)c2ccccc2B4c2ccccc2N3c2ccc3c(c2)oc2ccccc23)cc1. The molecule has 0 fully saturated rings. The fraction of sp³-hybridized carbons (Fsp3) is 0. The molecule has 12 rings (SSSR count). The summed E-state index contributed by atoms with van der Waals surface area (Å²) in [6.07, 6.45) is 0. The van der Waals surface area contributed by atoms with E-state index < -0.39 is 0 Å². The van der Waals surface area contributed by atoms with Crippen molar-refractivity contribution in [1.29, 1.82) is 0 Å². The maximum atomic E-state index is 6.47. The summed E-state index contributed by atoms with van der Waals surface area (Å²) in [6.45, 7) is 0.0399. The van der Waals surface area contributed by atoms with Crippen LogP contribution in [-0.2, 0) is 0 Å². The first kappa shape index (κ1) is 28.7. The summed E-state index contributed by atoms with van der Waals surface area (Å²) in [5, 5.41) is 4.48. The first-order chi connectivity index (χ1) is 26.3. The number of benzene rings is 8. The normalized spacial score (nSPS) is 13.2. The summed E-state index contributed by atoms with van der Waals surface area (Å²) < 4.78 is 12.8. The highest BCUT2D eigenvalue weighted by Gasteiger charge is 2.43. The number of hydrogen-bond donors (Lipinski definition) is 0. The van der Waals surface area contributed by atoms with Crippen LogP contribution in [0, 0.1) is 0 Å². The molecule has 0 saturated carbocycles. The van der Waals surface area contributed by atoms with Crippen molar-refractivity contribution in [3.63, 3.8) is 0 Å². The van der Waals surface area contributed by atoms with Gasteiger partial charge in [-0.2, -0.15) is 0 Å². The van der Waals surface area contributed by atoms with Crippen molar-refractivity contribution < 1.29 is 8.83 Å². The lowest BCUT2D eigenvalue weighted by atomic mass is 9.33. The predicted molar refractivity (Wildman–Crippen MR) is 220 cm³/mol. The summed E-state index contributed by atoms with van der Waals surface area (Å²) in [7, 11) is 0. The van der Waals surface area contributed by atoms with Gasteiger partial charge in [-0.05, 0) is 94.2 Å². The van der Waals surface area contributed by atoms with Gasteiger partial charge < -0.3 is 18.6 Å². The number of fused-ring (bicyclic) bond motifs is 10. The Bertz CT molecular complexity index is 3110. The van der Waals surface area contributed by atoms with Crippen molar-refractivity contribution in [3.05, 3.63) is 176 Å². The fourth-order valence-corrected chi connectivity index (χ4v) is 8.96. The molecule has 0 unspecified atom stereocenters. The Balaban J connectivity index is 1.17. The van der Waals surface area contributed by atoms with Gasteiger partial charge in [-0.1, -0.05) is 103 Å². The molecule has 0 amide bonds. The minimum Gasteiger partial charge on any atom is -0.456 e. The largest absolute Gasteiger partial charge is 0.456 e. The number of nitrogens with zero attached hydrogens (tertiary/aromatic N) is 2. The molecule has 246 valence electrons. The smallest absolute Gasteiger partial charge is 0.252 e. The maximum Gasteiger partial charge on any atom is 0.252 e. The van der Waals surface area contributed by atoms with Gasteiger partial charge in [-0.3, -0.25) is 0 Å². The lowest BCUT2D eigenvalue weighted by Gasteiger charge is -2.44. The van der Waals surface area contributed by atoms with Gasteiger partial charge in [0.1, 0.15) is 22.3 Å². The van der Waals surface area contributed by atoms with Crippen molar-refractivity contribution in [1.82, 2.24) is 0 Å². The summed E-state index contributed by atoms with van der Waals surface area (Å²) in [6, 6.07) is 63.2. The van der Waals surface area contributed by atoms with E-state index in [0.717, 1.165) is 66.5 Å². The summed E-state index contributed by atoms with van der Waals surface area (Å²) in [4.78, 5) is 4.91. The van der Waals surface area contributed by atoms with Crippen LogP contribution in [-0.4, -0.2) is 6.71 Å². The fourth-order valence-electron chi connectivity index (χ4n) is 8.96. The first-order valence-electron chi connectivity index (χ1n) is 18.1. The molecule has 0 aliphatic carbocycles. The van der Waals surface area contributed by atoms with E-state index in [2.05, 4.69) is 161 Å². The van der Waals surface area contributed by atoms with E-state index in [1.165, 1.54) is 39.0 Å². The Morgan fingerprint density at radius 3 is 1.55 bits per heavy atom. The van der Waals surface area contributed by atoms with Crippen molar-refractivity contribution >= 4 is 101 Å². The molecule has 0 radical (unpaired) electrons. The third-order valence-electron chi connectivity index (χ3n) is 11.2. The molecule has 0 spiro atoms. The molecule has 0 saturated heterocycles. The molecule has 2 aliphatic rings. The number of hydrogen-bond acceptors (Lipinski definition) is 4. The molecule has 2 aliphatic heterocycles. The third kappa shape index (κ3) is 4.07. The standard InChI is InChI=1S/C48H29BN2O2/c1-2-12-30(13-3-1)31-26-42-48-43(27-31)51(33-22-24-36-34-14-4-10-20-44(34)53-47(36)29-33)41-19-9-7-17-39(41)49(48)38-16-6-8-18-40(38)50(42)32-23-25-46-37(28-32)35-15-5-11-21-45(35)52-46/h1-29H. The lowest BCUT2D eigenvalue weighted by molar-refractivity contribution is 0.668. The summed E-state index contributed by atoms with van der Waals surface area (Å²) >= 11 is 0. The molecule has 0 atom stereocenters. The van der Waals surface area contributed by atoms with Gasteiger partial charge in [0.15, 0.2) is 0 Å². The minimum absolute atomic E-state index is 0.0399. The average molecular weight is 677 g/mol. The molecule has 5 heteroatoms. The van der Waals surface area contributed by atoms with E-state index in [1.807, 2.05) is 24.3 Å². The highest BCUT2D eigenvalue weighted by Crippen LogP contribution is 2.47. The molecule has 8 aromatic carbocycles. The number of rotatable bonds is 3. The van der Waals surface area contributed by atoms with Gasteiger partial charge in [-0.25, -0.2) is 0 Å². The number of anilines is 6. The van der Waals surface area contributed by atoms with Gasteiger partial charge >= 0.3 is 0 Å². The molecule has 0 bridgehead atoms. The first-order valence-corrected chi connectivity index (χ1v) is 18.1. The van der Waals surface area contributed by atoms with Crippen LogP contribution < -0.4 is 26.2 Å². The summed E-state index contributed by atoms with van der Waals surface area (Å²) in [5.41, 5.74) is 16.6. The zero-order chi connectivity index (χ0) is 34.6. The van der Waals surface area contributed by atoms with Gasteiger partial charge in [0.25, 0.3) is 6.71 Å². The molecule has 2 aromatic heterocycles. The van der Waals surface area contributed by atoms with Gasteiger partial charge in [0.2, 0.25) is 0 Å². The monoisotopic (exact) mass is 676 g/mol. The lowest BCUT2D eigenvalue weighted by Crippen LogP contribution is -2.61. The average Bonchev–Trinajstić information content (AvgIpc) is 3.78. The Morgan fingerprint density at radius 1 is 0.340 bits per heavy atom. The van der Waals surface area contributed by atoms with Crippen LogP contribution in [0.4, 0.5) is 34.1 Å². The minimum atomic E-state index is 0.0399. The van der Waals surface area contributed by atoms with Crippen molar-refractivity contribution in [2.45, 2.75) is 0 Å². The molecule has 53 heavy (non-hydrogen) atoms. The van der Waals surface area contributed by atoms with Crippen LogP contribution in [0.2, 0.25) is 0 Å². The maximum absolute atomic E-state index is 6.47. The molecule has 4 heterocycles. The zero-order valence-corrected chi connectivity index (χ0v) is 28.5. The molecule has 4 nitrogen and oxygen atoms in total. The van der Waals surface area contributed by atoms with Gasteiger partial charge in [-0.15, -0.1) is 0 Å². The molecule has 0 N–H and O–H groups in total. The van der Waals surface area contributed by atoms with Gasteiger partial charge in [0.05, 0.1) is 0 Å². The molecular weight excluding hydrogens is 647 g/mol. The van der Waals surface area contributed by atoms with E-state index in [0.29, 0.717) is 0 Å². The van der Waals surface area contributed by atoms with Crippen LogP contribution in [0.1, 0.15) is 0 Å². The Kier molecular flexibility index (Phi) is 5.83. The summed E-state index contributed by atoms with van der Waals surface area (Å²) in [5.74, 6) is 0. The van der Waals surface area contributed by atoms with E-state index in [9.17, 15) is 0 Å². The van der Waals surface area contributed by atoms with Crippen molar-refractivity contribution in [2.75, 3.05) is 9.80 Å². The second-order valence-corrected chi connectivity index (χ2v) is 14.1. The van der Waals surface area contributed by atoms with Crippen LogP contribution in [0.15, 0.2) is 185 Å². The quantitative estimate of drug-likeness (QED) is 0.174. The van der Waals surface area contributed by atoms with Gasteiger partial charge in [0, 0.05) is 61.7 Å². The second kappa shape index (κ2) is 10.8. The zero-order valence-electron chi connectivity index (χ0n) is 28.5. The Labute approximate surface area is 305 Å². The van der Waals surface area contributed by atoms with Crippen LogP contribution in [0.25, 0.3) is 55.0 Å². The van der Waals surface area contributed by atoms with Crippen LogP contribution in [0.3, 0.4) is 0 Å². The molecule has 10 aromatic rings. The highest BCUT2D eigenvalue weighted by molar-refractivity contribution is 7.00. The van der Waals surface area contributed by atoms with E-state index >= 15 is 0 Å². The number of furan rings is 2. The second-order valence-electron chi connectivity index (χ2n) is 14.1. The topological polar surface area (TPSA) is 32.8 Å². The van der Waals surface area contributed by atoms with Crippen LogP contribution >= 0.6 is 0 Å². The van der Waals surface area contributed by atoms with Crippen LogP contribution in [0.5, 0.6) is 0 Å². The van der Waals surface area contributed by atoms with E-state index in [4.69, 9.17) is 8.83 Å². The van der Waals surface area contributed by atoms with Crippen molar-refractivity contribution in [3.8, 4) is 11.1 Å². The third-order valence-corrected chi connectivity index (χ3v) is 11.2. The van der Waals surface area contributed by atoms with Crippen molar-refractivity contribution in [2.24, 2.45) is 0 Å². The highest BCUT2D eigenvalue weighted by atomic mass is 16.3. The number of para-hydroxylation sites is 4. The Morgan fingerprint density at radius 2 is 0.849 bits per heavy atom.